The molecular formula is C20H15Cl2F3N2O3S2. The van der Waals surface area contributed by atoms with E-state index in [1.54, 1.807) is 24.3 Å². The van der Waals surface area contributed by atoms with Gasteiger partial charge >= 0.3 is 6.18 Å². The Morgan fingerprint density at radius 3 is 2.47 bits per heavy atom. The molecule has 12 heteroatoms. The Kier molecular flexibility index (Phi) is 6.26. The second-order valence-corrected chi connectivity index (χ2v) is 11.6. The van der Waals surface area contributed by atoms with Gasteiger partial charge in [0.1, 0.15) is 0 Å². The van der Waals surface area contributed by atoms with Crippen molar-refractivity contribution in [2.45, 2.75) is 23.9 Å². The molecule has 2 atom stereocenters. The van der Waals surface area contributed by atoms with Crippen LogP contribution in [0.1, 0.15) is 11.1 Å². The van der Waals surface area contributed by atoms with Gasteiger partial charge in [-0.05, 0) is 35.9 Å². The van der Waals surface area contributed by atoms with Gasteiger partial charge in [0.25, 0.3) is 5.91 Å². The fraction of sp³-hybridized carbons (Fsp3) is 0.300. The van der Waals surface area contributed by atoms with Crippen LogP contribution in [0.3, 0.4) is 0 Å². The van der Waals surface area contributed by atoms with Crippen LogP contribution in [0.4, 0.5) is 18.9 Å². The Balaban J connectivity index is 1.71. The molecule has 0 aromatic heterocycles. The van der Waals surface area contributed by atoms with Crippen LogP contribution >= 0.6 is 35.0 Å². The Labute approximate surface area is 196 Å². The predicted molar refractivity (Wildman–Crippen MR) is 120 cm³/mol. The number of anilines is 1. The summed E-state index contributed by atoms with van der Waals surface area (Å²) in [6.07, 6.45) is -4.66. The van der Waals surface area contributed by atoms with Crippen molar-refractivity contribution in [2.24, 2.45) is 4.99 Å². The molecule has 32 heavy (non-hydrogen) atoms. The van der Waals surface area contributed by atoms with E-state index >= 15 is 0 Å². The van der Waals surface area contributed by atoms with Crippen LogP contribution in [0.2, 0.25) is 10.0 Å². The maximum absolute atomic E-state index is 13.3. The Bertz CT molecular complexity index is 1200. The molecule has 0 N–H and O–H groups in total. The zero-order valence-electron chi connectivity index (χ0n) is 16.1. The van der Waals surface area contributed by atoms with E-state index in [9.17, 15) is 26.4 Å². The summed E-state index contributed by atoms with van der Waals surface area (Å²) in [7, 11) is -3.38. The lowest BCUT2D eigenvalue weighted by atomic mass is 10.1. The van der Waals surface area contributed by atoms with E-state index in [1.807, 2.05) is 0 Å². The lowest BCUT2D eigenvalue weighted by molar-refractivity contribution is -0.137. The predicted octanol–water partition coefficient (Wildman–Crippen LogP) is 4.86. The van der Waals surface area contributed by atoms with Gasteiger partial charge in [0, 0.05) is 10.3 Å². The number of carbonyl (C=O) groups excluding carboxylic acids is 1. The molecule has 2 aliphatic rings. The summed E-state index contributed by atoms with van der Waals surface area (Å²) in [5, 5.41) is 0.183. The van der Waals surface area contributed by atoms with Gasteiger partial charge in [0.15, 0.2) is 15.0 Å². The van der Waals surface area contributed by atoms with Crippen LogP contribution in [0.5, 0.6) is 0 Å². The fourth-order valence-electron chi connectivity index (χ4n) is 3.64. The first-order valence-corrected chi connectivity index (χ1v) is 12.8. The van der Waals surface area contributed by atoms with Crippen LogP contribution in [0.25, 0.3) is 0 Å². The Hall–Kier alpha value is -1.75. The Morgan fingerprint density at radius 1 is 1.12 bits per heavy atom. The van der Waals surface area contributed by atoms with Gasteiger partial charge in [-0.15, -0.1) is 0 Å². The molecule has 2 saturated heterocycles. The molecule has 170 valence electrons. The topological polar surface area (TPSA) is 66.8 Å². The third-order valence-electron chi connectivity index (χ3n) is 5.09. The van der Waals surface area contributed by atoms with Crippen molar-refractivity contribution in [2.75, 3.05) is 16.4 Å². The normalized spacial score (nSPS) is 23.5. The van der Waals surface area contributed by atoms with Gasteiger partial charge in [-0.25, -0.2) is 8.42 Å². The molecule has 0 unspecified atom stereocenters. The number of rotatable bonds is 3. The minimum Gasteiger partial charge on any atom is -0.314 e. The van der Waals surface area contributed by atoms with Gasteiger partial charge in [-0.1, -0.05) is 47.1 Å². The van der Waals surface area contributed by atoms with Crippen LogP contribution < -0.4 is 4.90 Å². The van der Waals surface area contributed by atoms with Gasteiger partial charge in [0.05, 0.1) is 40.2 Å². The molecule has 0 spiro atoms. The molecule has 0 aliphatic carbocycles. The number of fused-ring (bicyclic) bond motifs is 1. The molecule has 2 heterocycles. The van der Waals surface area contributed by atoms with Crippen molar-refractivity contribution >= 4 is 61.6 Å². The minimum atomic E-state index is -4.62. The van der Waals surface area contributed by atoms with E-state index < -0.39 is 38.8 Å². The highest BCUT2D eigenvalue weighted by molar-refractivity contribution is 8.16. The van der Waals surface area contributed by atoms with Crippen molar-refractivity contribution in [3.8, 4) is 0 Å². The number of hydrogen-bond donors (Lipinski definition) is 0. The van der Waals surface area contributed by atoms with E-state index in [0.29, 0.717) is 10.6 Å². The third-order valence-corrected chi connectivity index (χ3v) is 8.87. The lowest BCUT2D eigenvalue weighted by Gasteiger charge is -2.26. The summed E-state index contributed by atoms with van der Waals surface area (Å²) in [5.74, 6) is -0.938. The van der Waals surface area contributed by atoms with Crippen LogP contribution in [-0.4, -0.2) is 42.3 Å². The highest BCUT2D eigenvalue weighted by atomic mass is 35.5. The standard InChI is InChI=1S/C20H15Cl2F3N2O3S2/c21-13-4-1-11(2-5-13)7-18(28)26-19-27(16-9-32(29,30)10-17(16)31-19)15-8-12(20(23,24)25)3-6-14(15)22/h1-6,8,16-17H,7,9-10H2/t16-,17+/m0/s1. The van der Waals surface area contributed by atoms with E-state index in [2.05, 4.69) is 4.99 Å². The Morgan fingerprint density at radius 2 is 1.81 bits per heavy atom. The first kappa shape index (κ1) is 23.4. The summed E-state index contributed by atoms with van der Waals surface area (Å²) in [6, 6.07) is 8.74. The summed E-state index contributed by atoms with van der Waals surface area (Å²) in [4.78, 5) is 18.1. The molecule has 0 saturated carbocycles. The minimum absolute atomic E-state index is 0.00129. The zero-order chi connectivity index (χ0) is 23.3. The number of carbonyl (C=O) groups is 1. The SMILES string of the molecule is O=C(Cc1ccc(Cl)cc1)N=C1S[C@@H]2CS(=O)(=O)C[C@@H]2N1c1cc(C(F)(F)F)ccc1Cl. The largest absolute Gasteiger partial charge is 0.416 e. The molecule has 2 fully saturated rings. The lowest BCUT2D eigenvalue weighted by Crippen LogP contribution is -2.38. The number of benzene rings is 2. The van der Waals surface area contributed by atoms with Crippen molar-refractivity contribution in [3.63, 3.8) is 0 Å². The molecule has 2 aromatic carbocycles. The highest BCUT2D eigenvalue weighted by Gasteiger charge is 2.50. The zero-order valence-corrected chi connectivity index (χ0v) is 19.3. The number of halogens is 5. The smallest absolute Gasteiger partial charge is 0.314 e. The molecule has 2 aliphatic heterocycles. The summed E-state index contributed by atoms with van der Waals surface area (Å²) in [6.45, 7) is 0. The van der Waals surface area contributed by atoms with Crippen molar-refractivity contribution in [1.82, 2.24) is 0 Å². The number of sulfone groups is 1. The number of thioether (sulfide) groups is 1. The molecular weight excluding hydrogens is 508 g/mol. The van der Waals surface area contributed by atoms with Crippen LogP contribution in [-0.2, 0) is 27.2 Å². The van der Waals surface area contributed by atoms with Gasteiger partial charge in [0.2, 0.25) is 0 Å². The molecule has 0 radical (unpaired) electrons. The first-order valence-electron chi connectivity index (χ1n) is 9.32. The van der Waals surface area contributed by atoms with Gasteiger partial charge < -0.3 is 4.90 Å². The maximum Gasteiger partial charge on any atom is 0.416 e. The second-order valence-electron chi connectivity index (χ2n) is 7.43. The number of aliphatic imine (C=N–C) groups is 1. The first-order chi connectivity index (χ1) is 14.9. The van der Waals surface area contributed by atoms with Crippen molar-refractivity contribution in [1.29, 1.82) is 0 Å². The molecule has 5 nitrogen and oxygen atoms in total. The van der Waals surface area contributed by atoms with E-state index in [1.165, 1.54) is 4.90 Å². The fourth-order valence-corrected chi connectivity index (χ4v) is 7.90. The molecule has 4 rings (SSSR count). The number of alkyl halides is 3. The molecule has 2 aromatic rings. The average Bonchev–Trinajstić information content (AvgIpc) is 3.14. The summed E-state index contributed by atoms with van der Waals surface area (Å²) in [5.41, 5.74) is -0.298. The van der Waals surface area contributed by atoms with Crippen LogP contribution in [0, 0.1) is 0 Å². The number of amides is 1. The number of amidine groups is 1. The second kappa shape index (κ2) is 8.55. The van der Waals surface area contributed by atoms with Crippen molar-refractivity contribution < 1.29 is 26.4 Å². The van der Waals surface area contributed by atoms with Gasteiger partial charge in [-0.3, -0.25) is 4.79 Å². The van der Waals surface area contributed by atoms with Crippen LogP contribution in [0.15, 0.2) is 47.5 Å². The van der Waals surface area contributed by atoms with E-state index in [4.69, 9.17) is 23.2 Å². The molecule has 0 bridgehead atoms. The van der Waals surface area contributed by atoms with E-state index in [0.717, 1.165) is 30.0 Å². The van der Waals surface area contributed by atoms with Crippen molar-refractivity contribution in [3.05, 3.63) is 63.6 Å². The monoisotopic (exact) mass is 522 g/mol. The van der Waals surface area contributed by atoms with E-state index in [-0.39, 0.29) is 33.8 Å². The highest BCUT2D eigenvalue weighted by Crippen LogP contribution is 2.44. The third kappa shape index (κ3) is 4.93. The average molecular weight is 523 g/mol. The number of nitrogens with zero attached hydrogens (tertiary/aromatic N) is 2. The summed E-state index contributed by atoms with van der Waals surface area (Å²) >= 11 is 13.1. The molecule has 1 amide bonds. The maximum atomic E-state index is 13.3. The summed E-state index contributed by atoms with van der Waals surface area (Å²) < 4.78 is 64.2. The van der Waals surface area contributed by atoms with Gasteiger partial charge in [-0.2, -0.15) is 18.2 Å². The number of hydrogen-bond acceptors (Lipinski definition) is 4. The quantitative estimate of drug-likeness (QED) is 0.576.